The summed E-state index contributed by atoms with van der Waals surface area (Å²) in [5.41, 5.74) is 5.16. The minimum atomic E-state index is -1.25. The third kappa shape index (κ3) is 9.55. The van der Waals surface area contributed by atoms with Crippen molar-refractivity contribution in [3.63, 3.8) is 0 Å². The summed E-state index contributed by atoms with van der Waals surface area (Å²) in [7, 11) is 0. The number of ether oxygens (including phenoxy) is 1. The lowest BCUT2D eigenvalue weighted by molar-refractivity contribution is 0.0292. The van der Waals surface area contributed by atoms with Crippen LogP contribution in [-0.4, -0.2) is 56.7 Å². The first-order valence-corrected chi connectivity index (χ1v) is 12.1. The Morgan fingerprint density at radius 1 is 0.973 bits per heavy atom. The van der Waals surface area contributed by atoms with Crippen LogP contribution in [0.3, 0.4) is 0 Å². The molecule has 3 aromatic rings. The van der Waals surface area contributed by atoms with Crippen molar-refractivity contribution < 1.29 is 24.5 Å². The highest BCUT2D eigenvalue weighted by Gasteiger charge is 2.27. The molecule has 0 saturated carbocycles. The topological polar surface area (TPSA) is 124 Å². The second-order valence-electron chi connectivity index (χ2n) is 9.72. The van der Waals surface area contributed by atoms with Gasteiger partial charge in [-0.2, -0.15) is 0 Å². The molecule has 9 heteroatoms. The van der Waals surface area contributed by atoms with Gasteiger partial charge in [0.2, 0.25) is 0 Å². The minimum absolute atomic E-state index is 0.0679. The summed E-state index contributed by atoms with van der Waals surface area (Å²) in [4.78, 5) is 28.3. The number of hydrogen-bond acceptors (Lipinski definition) is 6. The van der Waals surface area contributed by atoms with Crippen LogP contribution in [0, 0.1) is 0 Å². The van der Waals surface area contributed by atoms with Gasteiger partial charge in [-0.1, -0.05) is 60.7 Å². The van der Waals surface area contributed by atoms with Crippen molar-refractivity contribution in [2.75, 3.05) is 6.54 Å². The molecule has 2 amide bonds. The van der Waals surface area contributed by atoms with Crippen molar-refractivity contribution in [3.8, 4) is 11.3 Å². The zero-order valence-electron chi connectivity index (χ0n) is 21.3. The molecule has 0 fully saturated rings. The second-order valence-corrected chi connectivity index (χ2v) is 9.72. The molecule has 9 nitrogen and oxygen atoms in total. The van der Waals surface area contributed by atoms with E-state index < -0.39 is 29.9 Å². The normalized spacial score (nSPS) is 13.0. The van der Waals surface area contributed by atoms with E-state index in [-0.39, 0.29) is 13.1 Å². The highest BCUT2D eigenvalue weighted by molar-refractivity contribution is 5.68. The van der Waals surface area contributed by atoms with E-state index in [9.17, 15) is 19.8 Å². The van der Waals surface area contributed by atoms with Crippen molar-refractivity contribution in [3.05, 3.63) is 90.1 Å². The van der Waals surface area contributed by atoms with E-state index in [1.807, 2.05) is 72.8 Å². The number of aliphatic hydroxyl groups is 1. The molecular weight excluding hydrogens is 472 g/mol. The fourth-order valence-electron chi connectivity index (χ4n) is 3.78. The highest BCUT2D eigenvalue weighted by atomic mass is 16.6. The molecule has 0 spiro atoms. The molecule has 2 aromatic carbocycles. The van der Waals surface area contributed by atoms with Crippen LogP contribution in [0.2, 0.25) is 0 Å². The van der Waals surface area contributed by atoms with Gasteiger partial charge in [0.25, 0.3) is 0 Å². The fourth-order valence-corrected chi connectivity index (χ4v) is 3.78. The number of aromatic nitrogens is 1. The molecule has 0 radical (unpaired) electrons. The second kappa shape index (κ2) is 12.8. The average molecular weight is 507 g/mol. The molecule has 0 bridgehead atoms. The van der Waals surface area contributed by atoms with Crippen molar-refractivity contribution in [2.24, 2.45) is 0 Å². The Morgan fingerprint density at radius 2 is 1.65 bits per heavy atom. The number of benzene rings is 2. The van der Waals surface area contributed by atoms with Gasteiger partial charge in [0.05, 0.1) is 17.8 Å². The molecule has 1 aromatic heterocycles. The van der Waals surface area contributed by atoms with Crippen LogP contribution >= 0.6 is 0 Å². The quantitative estimate of drug-likeness (QED) is 0.303. The number of hydrogen-bond donors (Lipinski definition) is 4. The smallest absolute Gasteiger partial charge is 0.419 e. The predicted octanol–water partition coefficient (Wildman–Crippen LogP) is 4.23. The number of aliphatic hydroxyl groups excluding tert-OH is 1. The van der Waals surface area contributed by atoms with E-state index in [0.29, 0.717) is 6.42 Å². The molecule has 3 rings (SSSR count). The maximum atomic E-state index is 12.5. The monoisotopic (exact) mass is 506 g/mol. The summed E-state index contributed by atoms with van der Waals surface area (Å²) in [6, 6.07) is 22.0. The zero-order valence-corrected chi connectivity index (χ0v) is 21.3. The van der Waals surface area contributed by atoms with Gasteiger partial charge in [0.1, 0.15) is 5.60 Å². The molecule has 0 unspecified atom stereocenters. The van der Waals surface area contributed by atoms with Gasteiger partial charge in [-0.25, -0.2) is 14.6 Å². The summed E-state index contributed by atoms with van der Waals surface area (Å²) in [5, 5.41) is 24.7. The number of nitrogens with one attached hydrogen (secondary N) is 2. The number of carbonyl (C=O) groups excluding carboxylic acids is 1. The van der Waals surface area contributed by atoms with Crippen LogP contribution in [0.1, 0.15) is 31.9 Å². The number of nitrogens with zero attached hydrogens (tertiary/aromatic N) is 2. The minimum Gasteiger partial charge on any atom is -0.464 e. The van der Waals surface area contributed by atoms with Crippen LogP contribution in [0.15, 0.2) is 79.0 Å². The molecule has 0 aliphatic heterocycles. The Kier molecular flexibility index (Phi) is 9.59. The lowest BCUT2D eigenvalue weighted by Gasteiger charge is -2.30. The molecule has 196 valence electrons. The van der Waals surface area contributed by atoms with Crippen LogP contribution in [0.5, 0.6) is 0 Å². The highest BCUT2D eigenvalue weighted by Crippen LogP contribution is 2.18. The number of carbonyl (C=O) groups is 2. The maximum absolute atomic E-state index is 12.5. The lowest BCUT2D eigenvalue weighted by atomic mass is 10.0. The summed E-state index contributed by atoms with van der Waals surface area (Å²) in [6.07, 6.45) is -0.957. The molecule has 37 heavy (non-hydrogen) atoms. The van der Waals surface area contributed by atoms with Gasteiger partial charge in [0, 0.05) is 24.8 Å². The number of alkyl carbamates (subject to hydrolysis) is 1. The fraction of sp³-hybridized carbons (Fsp3) is 0.321. The van der Waals surface area contributed by atoms with E-state index in [2.05, 4.69) is 15.7 Å². The van der Waals surface area contributed by atoms with Crippen LogP contribution in [-0.2, 0) is 17.7 Å². The molecule has 0 aliphatic carbocycles. The first kappa shape index (κ1) is 27.6. The van der Waals surface area contributed by atoms with Crippen molar-refractivity contribution >= 4 is 12.2 Å². The Balaban J connectivity index is 1.73. The van der Waals surface area contributed by atoms with Crippen molar-refractivity contribution in [1.82, 2.24) is 20.7 Å². The number of pyridine rings is 1. The van der Waals surface area contributed by atoms with Crippen LogP contribution < -0.4 is 10.7 Å². The van der Waals surface area contributed by atoms with E-state index in [1.54, 1.807) is 27.0 Å². The van der Waals surface area contributed by atoms with Gasteiger partial charge in [-0.05, 0) is 50.5 Å². The molecule has 0 aliphatic rings. The van der Waals surface area contributed by atoms with Gasteiger partial charge < -0.3 is 20.3 Å². The number of hydrazine groups is 1. The number of amides is 2. The molecular formula is C28H34N4O5. The van der Waals surface area contributed by atoms with Crippen molar-refractivity contribution in [1.29, 1.82) is 0 Å². The summed E-state index contributed by atoms with van der Waals surface area (Å²) < 4.78 is 5.38. The molecule has 0 saturated heterocycles. The van der Waals surface area contributed by atoms with Crippen molar-refractivity contribution in [2.45, 2.75) is 51.5 Å². The summed E-state index contributed by atoms with van der Waals surface area (Å²) in [6.45, 7) is 5.41. The van der Waals surface area contributed by atoms with Gasteiger partial charge in [0.15, 0.2) is 0 Å². The van der Waals surface area contributed by atoms with Gasteiger partial charge >= 0.3 is 12.2 Å². The van der Waals surface area contributed by atoms with E-state index >= 15 is 0 Å². The number of rotatable bonds is 10. The van der Waals surface area contributed by atoms with E-state index in [0.717, 1.165) is 22.4 Å². The SMILES string of the molecule is CC(C)(C)OC(=O)N[C@@H](Cc1ccccc1)[C@@H](O)CN(Cc1ccc(-c2ccccn2)cc1)NC(=O)O. The molecule has 4 N–H and O–H groups in total. The first-order valence-electron chi connectivity index (χ1n) is 12.1. The molecule has 1 heterocycles. The van der Waals surface area contributed by atoms with E-state index in [1.165, 1.54) is 5.01 Å². The Bertz CT molecular complexity index is 1130. The van der Waals surface area contributed by atoms with Gasteiger partial charge in [-0.3, -0.25) is 10.4 Å². The summed E-state index contributed by atoms with van der Waals surface area (Å²) in [5.74, 6) is 0. The predicted molar refractivity (Wildman–Crippen MR) is 141 cm³/mol. The lowest BCUT2D eigenvalue weighted by Crippen LogP contribution is -2.53. The number of carboxylic acid groups (broad SMARTS) is 1. The Hall–Kier alpha value is -3.95. The van der Waals surface area contributed by atoms with Crippen LogP contribution in [0.4, 0.5) is 9.59 Å². The first-order chi connectivity index (χ1) is 17.6. The zero-order chi connectivity index (χ0) is 26.8. The third-order valence-corrected chi connectivity index (χ3v) is 5.41. The standard InChI is InChI=1S/C28H34N4O5/c1-28(2,3)37-27(36)30-24(17-20-9-5-4-6-10-20)25(33)19-32(31-26(34)35)18-21-12-14-22(15-13-21)23-11-7-8-16-29-23/h4-16,24-25,31,33H,17-19H2,1-3H3,(H,30,36)(H,34,35)/t24-,25-/m0/s1. The Morgan fingerprint density at radius 3 is 2.24 bits per heavy atom. The Labute approximate surface area is 217 Å². The van der Waals surface area contributed by atoms with E-state index in [4.69, 9.17) is 4.74 Å². The average Bonchev–Trinajstić information content (AvgIpc) is 2.84. The van der Waals surface area contributed by atoms with Gasteiger partial charge in [-0.15, -0.1) is 0 Å². The maximum Gasteiger partial charge on any atom is 0.419 e. The molecule has 2 atom stereocenters. The van der Waals surface area contributed by atoms with Crippen LogP contribution in [0.25, 0.3) is 11.3 Å². The largest absolute Gasteiger partial charge is 0.464 e. The third-order valence-electron chi connectivity index (χ3n) is 5.41. The summed E-state index contributed by atoms with van der Waals surface area (Å²) >= 11 is 0.